The van der Waals surface area contributed by atoms with Gasteiger partial charge in [-0.25, -0.2) is 0 Å². The first-order valence-electron chi connectivity index (χ1n) is 6.12. The van der Waals surface area contributed by atoms with Crippen LogP contribution in [0.4, 0.5) is 0 Å². The summed E-state index contributed by atoms with van der Waals surface area (Å²) in [6.07, 6.45) is 1.87. The zero-order valence-corrected chi connectivity index (χ0v) is 10.5. The third-order valence-electron chi connectivity index (χ3n) is 3.75. The molecule has 0 heterocycles. The van der Waals surface area contributed by atoms with E-state index in [1.165, 1.54) is 11.1 Å². The molecular formula is C14H20N2O. The van der Waals surface area contributed by atoms with Gasteiger partial charge in [0.05, 0.1) is 5.41 Å². The number of nitrogens with one attached hydrogen (secondary N) is 1. The Bertz CT molecular complexity index is 436. The standard InChI is InChI=1S/C14H20N2O/c1-10-3-4-12(7-11(10)2)8-16-13(17)14(9-15)5-6-14/h3-4,7H,5-6,8-9,15H2,1-2H3,(H,16,17). The molecule has 1 fully saturated rings. The van der Waals surface area contributed by atoms with Crippen LogP contribution >= 0.6 is 0 Å². The van der Waals surface area contributed by atoms with Gasteiger partial charge >= 0.3 is 0 Å². The van der Waals surface area contributed by atoms with Crippen molar-refractivity contribution in [1.29, 1.82) is 0 Å². The third kappa shape index (κ3) is 2.50. The minimum Gasteiger partial charge on any atom is -0.352 e. The lowest BCUT2D eigenvalue weighted by Gasteiger charge is -2.13. The van der Waals surface area contributed by atoms with Gasteiger partial charge in [0.15, 0.2) is 0 Å². The van der Waals surface area contributed by atoms with Crippen LogP contribution in [-0.2, 0) is 11.3 Å². The highest BCUT2D eigenvalue weighted by molar-refractivity contribution is 5.85. The van der Waals surface area contributed by atoms with Crippen LogP contribution in [-0.4, -0.2) is 12.5 Å². The van der Waals surface area contributed by atoms with Crippen LogP contribution in [0.1, 0.15) is 29.5 Å². The van der Waals surface area contributed by atoms with E-state index < -0.39 is 0 Å². The highest BCUT2D eigenvalue weighted by Crippen LogP contribution is 2.44. The summed E-state index contributed by atoms with van der Waals surface area (Å²) in [7, 11) is 0. The quantitative estimate of drug-likeness (QED) is 0.829. The Balaban J connectivity index is 1.94. The Morgan fingerprint density at radius 1 is 1.35 bits per heavy atom. The van der Waals surface area contributed by atoms with E-state index >= 15 is 0 Å². The van der Waals surface area contributed by atoms with Crippen molar-refractivity contribution in [2.45, 2.75) is 33.2 Å². The predicted octanol–water partition coefficient (Wildman–Crippen LogP) is 1.66. The third-order valence-corrected chi connectivity index (χ3v) is 3.75. The number of rotatable bonds is 4. The van der Waals surface area contributed by atoms with Gasteiger partial charge in [-0.3, -0.25) is 4.79 Å². The number of amides is 1. The molecule has 2 rings (SSSR count). The molecule has 0 bridgehead atoms. The highest BCUT2D eigenvalue weighted by Gasteiger charge is 2.48. The molecule has 3 nitrogen and oxygen atoms in total. The predicted molar refractivity (Wildman–Crippen MR) is 68.5 cm³/mol. The summed E-state index contributed by atoms with van der Waals surface area (Å²) in [5.41, 5.74) is 9.06. The van der Waals surface area contributed by atoms with Crippen molar-refractivity contribution in [2.75, 3.05) is 6.54 Å². The molecule has 1 aromatic rings. The molecule has 0 aliphatic heterocycles. The van der Waals surface area contributed by atoms with Gasteiger partial charge in [0, 0.05) is 13.1 Å². The van der Waals surface area contributed by atoms with Crippen LogP contribution in [0.2, 0.25) is 0 Å². The van der Waals surface area contributed by atoms with E-state index in [0.29, 0.717) is 13.1 Å². The van der Waals surface area contributed by atoms with E-state index in [2.05, 4.69) is 37.4 Å². The molecule has 1 aliphatic rings. The van der Waals surface area contributed by atoms with E-state index in [-0.39, 0.29) is 11.3 Å². The first-order chi connectivity index (χ1) is 8.07. The Morgan fingerprint density at radius 3 is 2.59 bits per heavy atom. The Kier molecular flexibility index (Phi) is 3.20. The summed E-state index contributed by atoms with van der Waals surface area (Å²) in [6, 6.07) is 6.27. The maximum absolute atomic E-state index is 11.9. The first kappa shape index (κ1) is 12.1. The zero-order valence-electron chi connectivity index (χ0n) is 10.5. The van der Waals surface area contributed by atoms with Gasteiger partial charge in [-0.2, -0.15) is 0 Å². The Hall–Kier alpha value is -1.35. The van der Waals surface area contributed by atoms with Crippen LogP contribution in [0.15, 0.2) is 18.2 Å². The van der Waals surface area contributed by atoms with E-state index in [4.69, 9.17) is 5.73 Å². The molecular weight excluding hydrogens is 212 g/mol. The smallest absolute Gasteiger partial charge is 0.227 e. The molecule has 1 amide bonds. The average molecular weight is 232 g/mol. The number of aryl methyl sites for hydroxylation is 2. The molecule has 0 radical (unpaired) electrons. The lowest BCUT2D eigenvalue weighted by Crippen LogP contribution is -2.36. The lowest BCUT2D eigenvalue weighted by molar-refractivity contribution is -0.126. The van der Waals surface area contributed by atoms with Gasteiger partial charge in [0.2, 0.25) is 5.91 Å². The molecule has 3 heteroatoms. The van der Waals surface area contributed by atoms with E-state index in [9.17, 15) is 4.79 Å². The largest absolute Gasteiger partial charge is 0.352 e. The summed E-state index contributed by atoms with van der Waals surface area (Å²) < 4.78 is 0. The summed E-state index contributed by atoms with van der Waals surface area (Å²) in [5, 5.41) is 2.98. The first-order valence-corrected chi connectivity index (χ1v) is 6.12. The number of hydrogen-bond acceptors (Lipinski definition) is 2. The van der Waals surface area contributed by atoms with Crippen LogP contribution in [0.3, 0.4) is 0 Å². The van der Waals surface area contributed by atoms with Crippen molar-refractivity contribution in [3.05, 3.63) is 34.9 Å². The fourth-order valence-corrected chi connectivity index (χ4v) is 1.96. The van der Waals surface area contributed by atoms with Gasteiger partial charge in [-0.1, -0.05) is 18.2 Å². The lowest BCUT2D eigenvalue weighted by atomic mass is 10.0. The second kappa shape index (κ2) is 4.49. The van der Waals surface area contributed by atoms with Crippen molar-refractivity contribution < 1.29 is 4.79 Å². The van der Waals surface area contributed by atoms with Crippen molar-refractivity contribution in [3.8, 4) is 0 Å². The molecule has 92 valence electrons. The fourth-order valence-electron chi connectivity index (χ4n) is 1.96. The molecule has 1 saturated carbocycles. The molecule has 0 aromatic heterocycles. The molecule has 3 N–H and O–H groups in total. The average Bonchev–Trinajstić information content (AvgIpc) is 3.11. The molecule has 0 saturated heterocycles. The summed E-state index contributed by atoms with van der Waals surface area (Å²) in [5.74, 6) is 0.109. The van der Waals surface area contributed by atoms with Gasteiger partial charge in [0.1, 0.15) is 0 Å². The number of benzene rings is 1. The van der Waals surface area contributed by atoms with Crippen molar-refractivity contribution in [3.63, 3.8) is 0 Å². The van der Waals surface area contributed by atoms with Crippen molar-refractivity contribution >= 4 is 5.91 Å². The van der Waals surface area contributed by atoms with Crippen LogP contribution < -0.4 is 11.1 Å². The van der Waals surface area contributed by atoms with E-state index in [1.807, 2.05) is 0 Å². The number of carbonyl (C=O) groups is 1. The maximum atomic E-state index is 11.9. The fraction of sp³-hybridized carbons (Fsp3) is 0.500. The summed E-state index contributed by atoms with van der Waals surface area (Å²) in [6.45, 7) is 5.24. The number of carbonyl (C=O) groups excluding carboxylic acids is 1. The minimum atomic E-state index is -0.250. The maximum Gasteiger partial charge on any atom is 0.227 e. The van der Waals surface area contributed by atoms with Crippen molar-refractivity contribution in [1.82, 2.24) is 5.32 Å². The molecule has 0 atom stereocenters. The van der Waals surface area contributed by atoms with Gasteiger partial charge in [-0.15, -0.1) is 0 Å². The molecule has 0 unspecified atom stereocenters. The monoisotopic (exact) mass is 232 g/mol. The van der Waals surface area contributed by atoms with Crippen LogP contribution in [0, 0.1) is 19.3 Å². The normalized spacial score (nSPS) is 16.6. The molecule has 1 aliphatic carbocycles. The summed E-state index contributed by atoms with van der Waals surface area (Å²) >= 11 is 0. The Labute approximate surface area is 102 Å². The molecule has 17 heavy (non-hydrogen) atoms. The second-order valence-electron chi connectivity index (χ2n) is 5.09. The summed E-state index contributed by atoms with van der Waals surface area (Å²) in [4.78, 5) is 11.9. The van der Waals surface area contributed by atoms with E-state index in [1.54, 1.807) is 0 Å². The highest BCUT2D eigenvalue weighted by atomic mass is 16.2. The number of nitrogens with two attached hydrogens (primary N) is 1. The van der Waals surface area contributed by atoms with Crippen LogP contribution in [0.5, 0.6) is 0 Å². The topological polar surface area (TPSA) is 55.1 Å². The zero-order chi connectivity index (χ0) is 12.5. The van der Waals surface area contributed by atoms with E-state index in [0.717, 1.165) is 18.4 Å². The van der Waals surface area contributed by atoms with Crippen molar-refractivity contribution in [2.24, 2.45) is 11.1 Å². The minimum absolute atomic E-state index is 0.109. The Morgan fingerprint density at radius 2 is 2.06 bits per heavy atom. The van der Waals surface area contributed by atoms with Gasteiger partial charge in [-0.05, 0) is 43.4 Å². The number of hydrogen-bond donors (Lipinski definition) is 2. The van der Waals surface area contributed by atoms with Gasteiger partial charge in [0.25, 0.3) is 0 Å². The molecule has 0 spiro atoms. The second-order valence-corrected chi connectivity index (χ2v) is 5.09. The SMILES string of the molecule is Cc1ccc(CNC(=O)C2(CN)CC2)cc1C. The van der Waals surface area contributed by atoms with Gasteiger partial charge < -0.3 is 11.1 Å². The van der Waals surface area contributed by atoms with Crippen LogP contribution in [0.25, 0.3) is 0 Å². The molecule has 1 aromatic carbocycles.